The highest BCUT2D eigenvalue weighted by Crippen LogP contribution is 2.35. The number of aliphatic imine (C=N–C) groups is 1. The summed E-state index contributed by atoms with van der Waals surface area (Å²) < 4.78 is 40.4. The molecule has 0 aliphatic rings. The number of amidine groups is 1. The van der Waals surface area contributed by atoms with Gasteiger partial charge in [0, 0.05) is 4.47 Å². The first-order valence-corrected chi connectivity index (χ1v) is 6.00. The molecule has 0 fully saturated rings. The minimum Gasteiger partial charge on any atom is -0.406 e. The van der Waals surface area contributed by atoms with Crippen molar-refractivity contribution in [1.29, 1.82) is 0 Å². The Morgan fingerprint density at radius 3 is 2.56 bits per heavy atom. The Morgan fingerprint density at radius 1 is 1.50 bits per heavy atom. The molecule has 0 saturated heterocycles. The first kappa shape index (κ1) is 15.1. The van der Waals surface area contributed by atoms with Gasteiger partial charge < -0.3 is 10.5 Å². The number of ether oxygens (including phenoxy) is 1. The van der Waals surface area contributed by atoms with Crippen LogP contribution < -0.4 is 10.5 Å². The van der Waals surface area contributed by atoms with E-state index in [4.69, 9.17) is 17.3 Å². The van der Waals surface area contributed by atoms with Gasteiger partial charge in [-0.25, -0.2) is 4.99 Å². The number of hydrogen-bond acceptors (Lipinski definition) is 2. The number of halogens is 5. The Balaban J connectivity index is 3.13. The predicted octanol–water partition coefficient (Wildman–Crippen LogP) is 3.88. The molecular formula is C10H9BrClF3N2O. The smallest absolute Gasteiger partial charge is 0.406 e. The Kier molecular flexibility index (Phi) is 4.86. The summed E-state index contributed by atoms with van der Waals surface area (Å²) in [6.07, 6.45) is -4.73. The van der Waals surface area contributed by atoms with Crippen LogP contribution in [0.1, 0.15) is 5.56 Å². The molecule has 0 aliphatic carbocycles. The van der Waals surface area contributed by atoms with Crippen molar-refractivity contribution in [2.24, 2.45) is 10.7 Å². The maximum Gasteiger partial charge on any atom is 0.573 e. The quantitative estimate of drug-likeness (QED) is 0.513. The third kappa shape index (κ3) is 4.38. The van der Waals surface area contributed by atoms with Crippen LogP contribution in [-0.4, -0.2) is 18.1 Å². The average molecular weight is 346 g/mol. The number of alkyl halides is 4. The summed E-state index contributed by atoms with van der Waals surface area (Å²) in [5.41, 5.74) is 6.37. The van der Waals surface area contributed by atoms with E-state index in [9.17, 15) is 13.2 Å². The summed E-state index contributed by atoms with van der Waals surface area (Å²) in [6.45, 7) is 1.59. The van der Waals surface area contributed by atoms with Gasteiger partial charge in [0.25, 0.3) is 0 Å². The molecule has 1 aromatic carbocycles. The van der Waals surface area contributed by atoms with Crippen LogP contribution in [0.25, 0.3) is 0 Å². The molecule has 0 aromatic heterocycles. The Labute approximate surface area is 115 Å². The van der Waals surface area contributed by atoms with Gasteiger partial charge in [0.05, 0.1) is 11.6 Å². The molecule has 1 rings (SSSR count). The fourth-order valence-corrected chi connectivity index (χ4v) is 1.90. The lowest BCUT2D eigenvalue weighted by Crippen LogP contribution is -2.17. The van der Waals surface area contributed by atoms with Crippen LogP contribution in [0.4, 0.5) is 18.9 Å². The number of nitrogens with zero attached hydrogens (tertiary/aromatic N) is 1. The first-order chi connectivity index (χ1) is 8.23. The normalized spacial score (nSPS) is 12.7. The van der Waals surface area contributed by atoms with Gasteiger partial charge >= 0.3 is 6.36 Å². The number of hydrogen-bond donors (Lipinski definition) is 1. The van der Waals surface area contributed by atoms with Crippen molar-refractivity contribution in [1.82, 2.24) is 0 Å². The first-order valence-electron chi connectivity index (χ1n) is 4.68. The van der Waals surface area contributed by atoms with Crippen LogP contribution in [0, 0.1) is 6.92 Å². The van der Waals surface area contributed by atoms with Gasteiger partial charge in [-0.15, -0.1) is 24.8 Å². The zero-order valence-corrected chi connectivity index (χ0v) is 11.5. The van der Waals surface area contributed by atoms with E-state index in [2.05, 4.69) is 25.7 Å². The fourth-order valence-electron chi connectivity index (χ4n) is 1.21. The van der Waals surface area contributed by atoms with Crippen molar-refractivity contribution < 1.29 is 17.9 Å². The second kappa shape index (κ2) is 5.79. The summed E-state index contributed by atoms with van der Waals surface area (Å²) in [5.74, 6) is -0.118. The maximum atomic E-state index is 12.1. The second-order valence-corrected chi connectivity index (χ2v) is 4.48. The third-order valence-corrected chi connectivity index (χ3v) is 2.73. The zero-order valence-electron chi connectivity index (χ0n) is 9.18. The van der Waals surface area contributed by atoms with E-state index < -0.39 is 6.36 Å². The fraction of sp³-hybridized carbons (Fsp3) is 0.300. The van der Waals surface area contributed by atoms with Crippen LogP contribution in [0.15, 0.2) is 21.6 Å². The molecular weight excluding hydrogens is 336 g/mol. The highest BCUT2D eigenvalue weighted by atomic mass is 79.9. The molecule has 3 nitrogen and oxygen atoms in total. The van der Waals surface area contributed by atoms with Gasteiger partial charge in [-0.1, -0.05) is 0 Å². The summed E-state index contributed by atoms with van der Waals surface area (Å²) in [7, 11) is 0. The number of aryl methyl sites for hydroxylation is 1. The molecule has 0 spiro atoms. The molecule has 0 heterocycles. The van der Waals surface area contributed by atoms with Gasteiger partial charge in [0.2, 0.25) is 0 Å². The summed E-state index contributed by atoms with van der Waals surface area (Å²) in [6, 6.07) is 2.39. The zero-order chi connectivity index (χ0) is 13.9. The summed E-state index contributed by atoms with van der Waals surface area (Å²) in [4.78, 5) is 3.99. The SMILES string of the molecule is Cc1cc(OC(F)(F)F)cc(Br)c1N=C(N)CCl. The van der Waals surface area contributed by atoms with Gasteiger partial charge in [-0.3, -0.25) is 0 Å². The topological polar surface area (TPSA) is 47.6 Å². The molecule has 0 bridgehead atoms. The van der Waals surface area contributed by atoms with Crippen LogP contribution in [0.5, 0.6) is 5.75 Å². The van der Waals surface area contributed by atoms with E-state index >= 15 is 0 Å². The molecule has 18 heavy (non-hydrogen) atoms. The predicted molar refractivity (Wildman–Crippen MR) is 67.6 cm³/mol. The lowest BCUT2D eigenvalue weighted by Gasteiger charge is -2.12. The van der Waals surface area contributed by atoms with E-state index in [1.165, 1.54) is 12.1 Å². The summed E-state index contributed by atoms with van der Waals surface area (Å²) >= 11 is 8.59. The van der Waals surface area contributed by atoms with E-state index in [-0.39, 0.29) is 17.5 Å². The molecule has 1 aromatic rings. The highest BCUT2D eigenvalue weighted by Gasteiger charge is 2.31. The Hall–Kier alpha value is -0.950. The van der Waals surface area contributed by atoms with Crippen molar-refractivity contribution in [3.05, 3.63) is 22.2 Å². The Morgan fingerprint density at radius 2 is 2.11 bits per heavy atom. The molecule has 0 unspecified atom stereocenters. The third-order valence-electron chi connectivity index (χ3n) is 1.85. The molecule has 0 aliphatic heterocycles. The largest absolute Gasteiger partial charge is 0.573 e. The minimum absolute atomic E-state index is 0.0344. The highest BCUT2D eigenvalue weighted by molar-refractivity contribution is 9.10. The van der Waals surface area contributed by atoms with Crippen molar-refractivity contribution in [2.45, 2.75) is 13.3 Å². The van der Waals surface area contributed by atoms with Gasteiger partial charge in [0.15, 0.2) is 0 Å². The van der Waals surface area contributed by atoms with E-state index in [1.54, 1.807) is 6.92 Å². The Bertz CT molecular complexity index is 454. The lowest BCUT2D eigenvalue weighted by molar-refractivity contribution is -0.274. The molecule has 2 N–H and O–H groups in total. The number of rotatable bonds is 3. The monoisotopic (exact) mass is 344 g/mol. The van der Waals surface area contributed by atoms with Gasteiger partial charge in [0.1, 0.15) is 11.6 Å². The van der Waals surface area contributed by atoms with Crippen LogP contribution in [0.2, 0.25) is 0 Å². The van der Waals surface area contributed by atoms with E-state index in [0.29, 0.717) is 15.7 Å². The van der Waals surface area contributed by atoms with Gasteiger partial charge in [-0.2, -0.15) is 0 Å². The molecule has 0 atom stereocenters. The van der Waals surface area contributed by atoms with Crippen molar-refractivity contribution in [2.75, 3.05) is 5.88 Å². The van der Waals surface area contributed by atoms with Crippen LogP contribution >= 0.6 is 27.5 Å². The number of benzene rings is 1. The van der Waals surface area contributed by atoms with Crippen molar-refractivity contribution in [3.8, 4) is 5.75 Å². The van der Waals surface area contributed by atoms with E-state index in [1.807, 2.05) is 0 Å². The maximum absolute atomic E-state index is 12.1. The van der Waals surface area contributed by atoms with Gasteiger partial charge in [-0.05, 0) is 40.5 Å². The van der Waals surface area contributed by atoms with Crippen molar-refractivity contribution >= 4 is 39.1 Å². The molecule has 0 saturated carbocycles. The molecule has 0 amide bonds. The summed E-state index contributed by atoms with van der Waals surface area (Å²) in [5, 5.41) is 0. The van der Waals surface area contributed by atoms with E-state index in [0.717, 1.165) is 0 Å². The standard InChI is InChI=1S/C10H9BrClF3N2O/c1-5-2-6(18-10(13,14)15)3-7(11)9(5)17-8(16)4-12/h2-3H,4H2,1H3,(H2,16,17). The van der Waals surface area contributed by atoms with Crippen LogP contribution in [-0.2, 0) is 0 Å². The number of nitrogens with two attached hydrogens (primary N) is 1. The average Bonchev–Trinajstić information content (AvgIpc) is 2.20. The van der Waals surface area contributed by atoms with Crippen LogP contribution in [0.3, 0.4) is 0 Å². The second-order valence-electron chi connectivity index (χ2n) is 3.36. The van der Waals surface area contributed by atoms with Crippen molar-refractivity contribution in [3.63, 3.8) is 0 Å². The molecule has 8 heteroatoms. The molecule has 100 valence electrons. The molecule has 0 radical (unpaired) electrons. The lowest BCUT2D eigenvalue weighted by atomic mass is 10.2. The minimum atomic E-state index is -4.73.